The highest BCUT2D eigenvalue weighted by atomic mass is 35.5. The molecule has 6 heteroatoms. The molecule has 0 radical (unpaired) electrons. The molecule has 0 aliphatic carbocycles. The molecule has 0 saturated heterocycles. The number of rotatable bonds is 7. The molecule has 0 aliphatic rings. The number of halogens is 1. The van der Waals surface area contributed by atoms with E-state index in [-0.39, 0.29) is 19.6 Å². The Morgan fingerprint density at radius 1 is 1.14 bits per heavy atom. The minimum Gasteiger partial charge on any atom is -0.495 e. The van der Waals surface area contributed by atoms with E-state index in [0.29, 0.717) is 10.8 Å². The highest BCUT2D eigenvalue weighted by molar-refractivity contribution is 6.32. The number of hydrogen-bond donors (Lipinski definition) is 0. The van der Waals surface area contributed by atoms with Gasteiger partial charge in [-0.2, -0.15) is 0 Å². The summed E-state index contributed by atoms with van der Waals surface area (Å²) in [5.41, 5.74) is 0.738. The second-order valence-corrected chi connectivity index (χ2v) is 4.64. The van der Waals surface area contributed by atoms with E-state index in [1.165, 1.54) is 7.11 Å². The molecule has 5 nitrogen and oxygen atoms in total. The monoisotopic (exact) mass is 314 g/mol. The highest BCUT2D eigenvalue weighted by Gasteiger charge is 2.29. The Kier molecular flexibility index (Phi) is 7.02. The Hall–Kier alpha value is -1.75. The first-order chi connectivity index (χ1) is 10.0. The topological polar surface area (TPSA) is 61.8 Å². The molecule has 0 aliphatic heterocycles. The van der Waals surface area contributed by atoms with Gasteiger partial charge in [0.1, 0.15) is 5.75 Å². The molecule has 1 aromatic rings. The fraction of sp³-hybridized carbons (Fsp3) is 0.467. The summed E-state index contributed by atoms with van der Waals surface area (Å²) in [5, 5.41) is 0.463. The van der Waals surface area contributed by atoms with Crippen LogP contribution < -0.4 is 4.74 Å². The molecule has 1 aromatic carbocycles. The van der Waals surface area contributed by atoms with Gasteiger partial charge in [-0.15, -0.1) is 0 Å². The van der Waals surface area contributed by atoms with Crippen molar-refractivity contribution in [2.24, 2.45) is 5.92 Å². The molecular weight excluding hydrogens is 296 g/mol. The zero-order valence-electron chi connectivity index (χ0n) is 12.3. The average Bonchev–Trinajstić information content (AvgIpc) is 2.46. The van der Waals surface area contributed by atoms with Crippen molar-refractivity contribution in [3.05, 3.63) is 28.8 Å². The van der Waals surface area contributed by atoms with Crippen LogP contribution in [-0.4, -0.2) is 32.3 Å². The van der Waals surface area contributed by atoms with Gasteiger partial charge in [0.15, 0.2) is 5.92 Å². The van der Waals surface area contributed by atoms with Crippen LogP contribution in [0, 0.1) is 5.92 Å². The standard InChI is InChI=1S/C15H19ClO5/c1-4-20-14(17)11(15(18)21-5-2)8-10-6-7-12(16)13(9-10)19-3/h6-7,9,11H,4-5,8H2,1-3H3. The lowest BCUT2D eigenvalue weighted by molar-refractivity contribution is -0.161. The van der Waals surface area contributed by atoms with Crippen LogP contribution in [0.2, 0.25) is 5.02 Å². The smallest absolute Gasteiger partial charge is 0.320 e. The molecule has 0 aromatic heterocycles. The summed E-state index contributed by atoms with van der Waals surface area (Å²) in [7, 11) is 1.50. The molecule has 0 saturated carbocycles. The first-order valence-corrected chi connectivity index (χ1v) is 7.06. The van der Waals surface area contributed by atoms with Crippen LogP contribution in [0.4, 0.5) is 0 Å². The molecule has 1 rings (SSSR count). The molecule has 0 bridgehead atoms. The summed E-state index contributed by atoms with van der Waals surface area (Å²) in [6, 6.07) is 5.08. The molecule has 0 spiro atoms. The molecule has 0 amide bonds. The summed E-state index contributed by atoms with van der Waals surface area (Å²) < 4.78 is 15.0. The fourth-order valence-electron chi connectivity index (χ4n) is 1.82. The molecule has 0 atom stereocenters. The van der Waals surface area contributed by atoms with Crippen molar-refractivity contribution in [1.82, 2.24) is 0 Å². The number of carbonyl (C=O) groups is 2. The van der Waals surface area contributed by atoms with Crippen molar-refractivity contribution >= 4 is 23.5 Å². The summed E-state index contributed by atoms with van der Waals surface area (Å²) in [6.45, 7) is 3.79. The first kappa shape index (κ1) is 17.3. The minimum absolute atomic E-state index is 0.172. The van der Waals surface area contributed by atoms with E-state index in [4.69, 9.17) is 25.8 Å². The Labute approximate surface area is 129 Å². The van der Waals surface area contributed by atoms with E-state index in [1.807, 2.05) is 0 Å². The summed E-state index contributed by atoms with van der Waals surface area (Å²) in [4.78, 5) is 23.8. The minimum atomic E-state index is -0.990. The molecule has 21 heavy (non-hydrogen) atoms. The van der Waals surface area contributed by atoms with Gasteiger partial charge in [-0.1, -0.05) is 17.7 Å². The normalized spacial score (nSPS) is 10.3. The van der Waals surface area contributed by atoms with Crippen molar-refractivity contribution in [2.75, 3.05) is 20.3 Å². The maximum absolute atomic E-state index is 11.9. The highest BCUT2D eigenvalue weighted by Crippen LogP contribution is 2.26. The molecule has 0 fully saturated rings. The van der Waals surface area contributed by atoms with Gasteiger partial charge in [-0.05, 0) is 38.0 Å². The first-order valence-electron chi connectivity index (χ1n) is 6.69. The van der Waals surface area contributed by atoms with Gasteiger partial charge in [0, 0.05) is 0 Å². The van der Waals surface area contributed by atoms with E-state index in [2.05, 4.69) is 0 Å². The Bertz CT molecular complexity index is 483. The van der Waals surface area contributed by atoms with Crippen LogP contribution >= 0.6 is 11.6 Å². The van der Waals surface area contributed by atoms with Crippen LogP contribution in [0.5, 0.6) is 5.75 Å². The SMILES string of the molecule is CCOC(=O)C(Cc1ccc(Cl)c(OC)c1)C(=O)OCC. The van der Waals surface area contributed by atoms with Crippen molar-refractivity contribution < 1.29 is 23.8 Å². The van der Waals surface area contributed by atoms with Gasteiger partial charge < -0.3 is 14.2 Å². The number of esters is 2. The Morgan fingerprint density at radius 2 is 1.71 bits per heavy atom. The van der Waals surface area contributed by atoms with Crippen molar-refractivity contribution in [2.45, 2.75) is 20.3 Å². The van der Waals surface area contributed by atoms with Gasteiger partial charge in [0.05, 0.1) is 25.3 Å². The largest absolute Gasteiger partial charge is 0.495 e. The second kappa shape index (κ2) is 8.52. The van der Waals surface area contributed by atoms with Crippen LogP contribution in [-0.2, 0) is 25.5 Å². The molecule has 0 unspecified atom stereocenters. The van der Waals surface area contributed by atoms with Gasteiger partial charge in [-0.3, -0.25) is 9.59 Å². The number of carbonyl (C=O) groups excluding carboxylic acids is 2. The molecular formula is C15H19ClO5. The van der Waals surface area contributed by atoms with E-state index in [9.17, 15) is 9.59 Å². The molecule has 116 valence electrons. The fourth-order valence-corrected chi connectivity index (χ4v) is 2.01. The number of methoxy groups -OCH3 is 1. The zero-order valence-corrected chi connectivity index (χ0v) is 13.1. The maximum atomic E-state index is 11.9. The van der Waals surface area contributed by atoms with Gasteiger partial charge >= 0.3 is 11.9 Å². The molecule has 0 N–H and O–H groups in total. The van der Waals surface area contributed by atoms with Gasteiger partial charge in [0.25, 0.3) is 0 Å². The van der Waals surface area contributed by atoms with E-state index in [1.54, 1.807) is 32.0 Å². The second-order valence-electron chi connectivity index (χ2n) is 4.23. The van der Waals surface area contributed by atoms with Gasteiger partial charge in [-0.25, -0.2) is 0 Å². The lowest BCUT2D eigenvalue weighted by atomic mass is 9.99. The maximum Gasteiger partial charge on any atom is 0.320 e. The van der Waals surface area contributed by atoms with E-state index >= 15 is 0 Å². The van der Waals surface area contributed by atoms with E-state index in [0.717, 1.165) is 5.56 Å². The van der Waals surface area contributed by atoms with Crippen molar-refractivity contribution in [3.63, 3.8) is 0 Å². The van der Waals surface area contributed by atoms with Crippen LogP contribution in [0.1, 0.15) is 19.4 Å². The number of benzene rings is 1. The lowest BCUT2D eigenvalue weighted by Gasteiger charge is -2.15. The average molecular weight is 315 g/mol. The van der Waals surface area contributed by atoms with Crippen molar-refractivity contribution in [1.29, 1.82) is 0 Å². The Balaban J connectivity index is 2.94. The van der Waals surface area contributed by atoms with Crippen LogP contribution in [0.25, 0.3) is 0 Å². The third kappa shape index (κ3) is 4.93. The third-order valence-corrected chi connectivity index (χ3v) is 3.11. The van der Waals surface area contributed by atoms with Crippen LogP contribution in [0.15, 0.2) is 18.2 Å². The predicted octanol–water partition coefficient (Wildman–Crippen LogP) is 2.63. The summed E-state index contributed by atoms with van der Waals surface area (Å²) >= 11 is 5.95. The number of hydrogen-bond acceptors (Lipinski definition) is 5. The summed E-state index contributed by atoms with van der Waals surface area (Å²) in [6.07, 6.45) is 0.172. The number of ether oxygens (including phenoxy) is 3. The van der Waals surface area contributed by atoms with Crippen LogP contribution in [0.3, 0.4) is 0 Å². The van der Waals surface area contributed by atoms with Gasteiger partial charge in [0.2, 0.25) is 0 Å². The summed E-state index contributed by atoms with van der Waals surface area (Å²) in [5.74, 6) is -1.69. The Morgan fingerprint density at radius 3 is 2.19 bits per heavy atom. The van der Waals surface area contributed by atoms with Crippen molar-refractivity contribution in [3.8, 4) is 5.75 Å². The quantitative estimate of drug-likeness (QED) is 0.572. The third-order valence-electron chi connectivity index (χ3n) is 2.80. The zero-order chi connectivity index (χ0) is 15.8. The van der Waals surface area contributed by atoms with E-state index < -0.39 is 17.9 Å². The predicted molar refractivity (Wildman–Crippen MR) is 78.5 cm³/mol. The lowest BCUT2D eigenvalue weighted by Crippen LogP contribution is -2.30. The molecule has 0 heterocycles.